The average Bonchev–Trinajstić information content (AvgIpc) is 2.38. The Bertz CT molecular complexity index is 425. The van der Waals surface area contributed by atoms with Crippen LogP contribution in [0.1, 0.15) is 26.3 Å². The van der Waals surface area contributed by atoms with E-state index in [1.165, 1.54) is 5.57 Å². The standard InChI is InChI=1S/C16H25NO2/c1-12(2)10-17-11-13(3)8-14-9-15(18-4)6-7-16(14)19-5/h6-9,12,17H,10-11H2,1-5H3. The quantitative estimate of drug-likeness (QED) is 0.818. The Kier molecular flexibility index (Phi) is 6.43. The molecule has 0 spiro atoms. The van der Waals surface area contributed by atoms with Crippen molar-refractivity contribution in [2.45, 2.75) is 20.8 Å². The van der Waals surface area contributed by atoms with Crippen LogP contribution >= 0.6 is 0 Å². The lowest BCUT2D eigenvalue weighted by molar-refractivity contribution is 0.402. The predicted octanol–water partition coefficient (Wildman–Crippen LogP) is 3.35. The molecule has 3 nitrogen and oxygen atoms in total. The topological polar surface area (TPSA) is 30.5 Å². The van der Waals surface area contributed by atoms with Crippen LogP contribution in [0, 0.1) is 5.92 Å². The molecular weight excluding hydrogens is 238 g/mol. The van der Waals surface area contributed by atoms with Crippen LogP contribution < -0.4 is 14.8 Å². The third kappa shape index (κ3) is 5.35. The molecule has 0 heterocycles. The first-order valence-corrected chi connectivity index (χ1v) is 6.66. The van der Waals surface area contributed by atoms with Crippen LogP contribution in [-0.4, -0.2) is 27.3 Å². The first-order chi connectivity index (χ1) is 9.06. The number of hydrogen-bond donors (Lipinski definition) is 1. The van der Waals surface area contributed by atoms with Crippen molar-refractivity contribution in [2.75, 3.05) is 27.3 Å². The molecular formula is C16H25NO2. The summed E-state index contributed by atoms with van der Waals surface area (Å²) in [5.74, 6) is 2.37. The Hall–Kier alpha value is -1.48. The second-order valence-electron chi connectivity index (χ2n) is 5.12. The second-order valence-corrected chi connectivity index (χ2v) is 5.12. The van der Waals surface area contributed by atoms with E-state index < -0.39 is 0 Å². The molecule has 19 heavy (non-hydrogen) atoms. The maximum Gasteiger partial charge on any atom is 0.126 e. The number of nitrogens with one attached hydrogen (secondary N) is 1. The fourth-order valence-electron chi connectivity index (χ4n) is 1.83. The van der Waals surface area contributed by atoms with Gasteiger partial charge in [0, 0.05) is 12.1 Å². The molecule has 0 radical (unpaired) electrons. The minimum absolute atomic E-state index is 0.666. The number of rotatable bonds is 7. The van der Waals surface area contributed by atoms with Crippen LogP contribution in [0.3, 0.4) is 0 Å². The molecule has 0 fully saturated rings. The van der Waals surface area contributed by atoms with Gasteiger partial charge in [-0.15, -0.1) is 0 Å². The monoisotopic (exact) mass is 263 g/mol. The van der Waals surface area contributed by atoms with E-state index in [-0.39, 0.29) is 0 Å². The highest BCUT2D eigenvalue weighted by Crippen LogP contribution is 2.25. The zero-order valence-electron chi connectivity index (χ0n) is 12.6. The van der Waals surface area contributed by atoms with Gasteiger partial charge in [0.05, 0.1) is 14.2 Å². The number of hydrogen-bond acceptors (Lipinski definition) is 3. The lowest BCUT2D eigenvalue weighted by Crippen LogP contribution is -2.21. The molecule has 0 saturated carbocycles. The zero-order valence-corrected chi connectivity index (χ0v) is 12.6. The van der Waals surface area contributed by atoms with Gasteiger partial charge in [0.15, 0.2) is 0 Å². The lowest BCUT2D eigenvalue weighted by atomic mass is 10.1. The van der Waals surface area contributed by atoms with Crippen molar-refractivity contribution in [3.8, 4) is 11.5 Å². The van der Waals surface area contributed by atoms with Crippen molar-refractivity contribution in [1.82, 2.24) is 5.32 Å². The molecule has 1 aromatic rings. The molecule has 1 aromatic carbocycles. The molecule has 0 amide bonds. The van der Waals surface area contributed by atoms with E-state index in [2.05, 4.69) is 32.2 Å². The van der Waals surface area contributed by atoms with Crippen molar-refractivity contribution in [1.29, 1.82) is 0 Å². The Morgan fingerprint density at radius 1 is 1.26 bits per heavy atom. The summed E-state index contributed by atoms with van der Waals surface area (Å²) in [5, 5.41) is 3.43. The van der Waals surface area contributed by atoms with Crippen LogP contribution in [0.5, 0.6) is 11.5 Å². The van der Waals surface area contributed by atoms with Crippen LogP contribution in [0.15, 0.2) is 23.8 Å². The summed E-state index contributed by atoms with van der Waals surface area (Å²) in [4.78, 5) is 0. The van der Waals surface area contributed by atoms with E-state index in [1.54, 1.807) is 14.2 Å². The molecule has 3 heteroatoms. The molecule has 0 aliphatic heterocycles. The maximum absolute atomic E-state index is 5.37. The normalized spacial score (nSPS) is 11.8. The van der Waals surface area contributed by atoms with Gasteiger partial charge in [-0.3, -0.25) is 0 Å². The molecule has 0 aliphatic rings. The predicted molar refractivity (Wildman–Crippen MR) is 80.9 cm³/mol. The maximum atomic E-state index is 5.37. The Morgan fingerprint density at radius 3 is 2.58 bits per heavy atom. The minimum Gasteiger partial charge on any atom is -0.497 e. The van der Waals surface area contributed by atoms with Crippen molar-refractivity contribution < 1.29 is 9.47 Å². The highest BCUT2D eigenvalue weighted by Gasteiger charge is 2.03. The van der Waals surface area contributed by atoms with Gasteiger partial charge >= 0.3 is 0 Å². The van der Waals surface area contributed by atoms with Gasteiger partial charge in [-0.05, 0) is 37.6 Å². The molecule has 0 bridgehead atoms. The molecule has 0 saturated heterocycles. The fraction of sp³-hybridized carbons (Fsp3) is 0.500. The second kappa shape index (κ2) is 7.85. The van der Waals surface area contributed by atoms with E-state index in [4.69, 9.17) is 9.47 Å². The number of methoxy groups -OCH3 is 2. The summed E-state index contributed by atoms with van der Waals surface area (Å²) >= 11 is 0. The summed E-state index contributed by atoms with van der Waals surface area (Å²) in [7, 11) is 3.36. The Labute approximate surface area is 116 Å². The van der Waals surface area contributed by atoms with Crippen LogP contribution in [-0.2, 0) is 0 Å². The third-order valence-corrected chi connectivity index (χ3v) is 2.80. The van der Waals surface area contributed by atoms with Crippen molar-refractivity contribution in [2.24, 2.45) is 5.92 Å². The summed E-state index contributed by atoms with van der Waals surface area (Å²) in [6.07, 6.45) is 2.13. The van der Waals surface area contributed by atoms with Gasteiger partial charge in [-0.2, -0.15) is 0 Å². The SMILES string of the molecule is COc1ccc(OC)c(C=C(C)CNCC(C)C)c1. The van der Waals surface area contributed by atoms with E-state index in [0.717, 1.165) is 30.2 Å². The molecule has 1 rings (SSSR count). The van der Waals surface area contributed by atoms with Gasteiger partial charge in [0.1, 0.15) is 11.5 Å². The molecule has 1 N–H and O–H groups in total. The third-order valence-electron chi connectivity index (χ3n) is 2.80. The van der Waals surface area contributed by atoms with E-state index >= 15 is 0 Å². The summed E-state index contributed by atoms with van der Waals surface area (Å²) in [6.45, 7) is 8.44. The van der Waals surface area contributed by atoms with Crippen LogP contribution in [0.25, 0.3) is 6.08 Å². The first kappa shape index (κ1) is 15.6. The summed E-state index contributed by atoms with van der Waals surface area (Å²) in [5.41, 5.74) is 2.32. The lowest BCUT2D eigenvalue weighted by Gasteiger charge is -2.10. The zero-order chi connectivity index (χ0) is 14.3. The molecule has 0 unspecified atom stereocenters. The van der Waals surface area contributed by atoms with Crippen molar-refractivity contribution in [3.63, 3.8) is 0 Å². The van der Waals surface area contributed by atoms with Gasteiger partial charge < -0.3 is 14.8 Å². The largest absolute Gasteiger partial charge is 0.497 e. The smallest absolute Gasteiger partial charge is 0.126 e. The highest BCUT2D eigenvalue weighted by molar-refractivity contribution is 5.61. The fourth-order valence-corrected chi connectivity index (χ4v) is 1.83. The minimum atomic E-state index is 0.666. The van der Waals surface area contributed by atoms with Crippen molar-refractivity contribution in [3.05, 3.63) is 29.3 Å². The molecule has 0 aliphatic carbocycles. The van der Waals surface area contributed by atoms with Gasteiger partial charge in [-0.25, -0.2) is 0 Å². The van der Waals surface area contributed by atoms with Gasteiger partial charge in [-0.1, -0.05) is 25.5 Å². The first-order valence-electron chi connectivity index (χ1n) is 6.66. The average molecular weight is 263 g/mol. The number of ether oxygens (including phenoxy) is 2. The molecule has 0 aromatic heterocycles. The molecule has 106 valence electrons. The Balaban J connectivity index is 2.77. The van der Waals surface area contributed by atoms with Crippen LogP contribution in [0.4, 0.5) is 0 Å². The van der Waals surface area contributed by atoms with Crippen molar-refractivity contribution >= 4 is 6.08 Å². The van der Waals surface area contributed by atoms with Gasteiger partial charge in [0.25, 0.3) is 0 Å². The Morgan fingerprint density at radius 2 is 2.00 bits per heavy atom. The van der Waals surface area contributed by atoms with Crippen LogP contribution in [0.2, 0.25) is 0 Å². The van der Waals surface area contributed by atoms with Gasteiger partial charge in [0.2, 0.25) is 0 Å². The van der Waals surface area contributed by atoms with E-state index in [0.29, 0.717) is 5.92 Å². The summed E-state index contributed by atoms with van der Waals surface area (Å²) in [6, 6.07) is 5.83. The summed E-state index contributed by atoms with van der Waals surface area (Å²) < 4.78 is 10.6. The number of benzene rings is 1. The van der Waals surface area contributed by atoms with E-state index in [1.807, 2.05) is 18.2 Å². The highest BCUT2D eigenvalue weighted by atomic mass is 16.5. The van der Waals surface area contributed by atoms with E-state index in [9.17, 15) is 0 Å². The molecule has 0 atom stereocenters.